The van der Waals surface area contributed by atoms with E-state index in [0.29, 0.717) is 23.1 Å². The van der Waals surface area contributed by atoms with Crippen molar-refractivity contribution < 1.29 is 31.2 Å². The second-order valence-corrected chi connectivity index (χ2v) is 11.7. The van der Waals surface area contributed by atoms with E-state index in [1.54, 1.807) is 0 Å². The molecule has 3 rings (SSSR count). The Bertz CT molecular complexity index is 1300. The molecule has 1 aliphatic rings. The fourth-order valence-corrected chi connectivity index (χ4v) is 5.84. The molecule has 0 unspecified atom stereocenters. The van der Waals surface area contributed by atoms with Crippen LogP contribution in [0.25, 0.3) is 10.2 Å². The fourth-order valence-electron chi connectivity index (χ4n) is 3.28. The van der Waals surface area contributed by atoms with Crippen molar-refractivity contribution in [3.63, 3.8) is 0 Å². The van der Waals surface area contributed by atoms with Gasteiger partial charge in [0.15, 0.2) is 4.80 Å². The van der Waals surface area contributed by atoms with E-state index in [1.165, 1.54) is 34.2 Å². The highest BCUT2D eigenvalue weighted by Crippen LogP contribution is 2.23. The summed E-state index contributed by atoms with van der Waals surface area (Å²) < 4.78 is 54.6. The fraction of sp³-hybridized carbons (Fsp3) is 0.471. The molecule has 0 atom stereocenters. The van der Waals surface area contributed by atoms with Crippen LogP contribution in [0.3, 0.4) is 0 Å². The van der Waals surface area contributed by atoms with E-state index >= 15 is 0 Å². The summed E-state index contributed by atoms with van der Waals surface area (Å²) in [6.45, 7) is 0.248. The topological polar surface area (TPSA) is 158 Å². The van der Waals surface area contributed by atoms with Crippen molar-refractivity contribution in [2.45, 2.75) is 24.3 Å². The molecule has 14 heteroatoms. The minimum atomic E-state index is -3.93. The second-order valence-electron chi connectivity index (χ2n) is 7.11. The molecule has 1 fully saturated rings. The van der Waals surface area contributed by atoms with Gasteiger partial charge in [0.1, 0.15) is 6.54 Å². The summed E-state index contributed by atoms with van der Waals surface area (Å²) in [5.41, 5.74) is 0.501. The van der Waals surface area contributed by atoms with Crippen molar-refractivity contribution in [3.05, 3.63) is 23.0 Å². The number of sulfonamides is 2. The lowest BCUT2D eigenvalue weighted by molar-refractivity contribution is -0.141. The summed E-state index contributed by atoms with van der Waals surface area (Å²) in [5.74, 6) is -1.44. The lowest BCUT2D eigenvalue weighted by atomic mass is 9.98. The number of nitrogens with two attached hydrogens (primary N) is 1. The van der Waals surface area contributed by atoms with Crippen molar-refractivity contribution in [3.8, 4) is 0 Å². The largest absolute Gasteiger partial charge is 0.468 e. The van der Waals surface area contributed by atoms with E-state index in [-0.39, 0.29) is 29.3 Å². The average molecular weight is 491 g/mol. The molecule has 11 nitrogen and oxygen atoms in total. The molecule has 1 aliphatic heterocycles. The van der Waals surface area contributed by atoms with Crippen LogP contribution >= 0.6 is 11.3 Å². The Balaban J connectivity index is 1.99. The molecule has 1 aromatic carbocycles. The summed E-state index contributed by atoms with van der Waals surface area (Å²) in [5, 5.41) is 5.19. The number of nitrogens with zero attached hydrogens (tertiary/aromatic N) is 3. The Hall–Kier alpha value is -2.13. The van der Waals surface area contributed by atoms with Crippen molar-refractivity contribution in [1.29, 1.82) is 0 Å². The van der Waals surface area contributed by atoms with Crippen LogP contribution in [-0.4, -0.2) is 64.0 Å². The maximum atomic E-state index is 12.8. The average Bonchev–Trinajstić information content (AvgIpc) is 3.02. The van der Waals surface area contributed by atoms with Gasteiger partial charge in [0, 0.05) is 19.0 Å². The van der Waals surface area contributed by atoms with Crippen LogP contribution in [0.5, 0.6) is 0 Å². The zero-order chi connectivity index (χ0) is 23.0. The Morgan fingerprint density at radius 2 is 1.87 bits per heavy atom. The van der Waals surface area contributed by atoms with E-state index < -0.39 is 37.8 Å². The number of hydrogen-bond donors (Lipinski definition) is 1. The van der Waals surface area contributed by atoms with Crippen molar-refractivity contribution in [2.24, 2.45) is 16.0 Å². The molecule has 0 spiro atoms. The molecule has 1 aromatic heterocycles. The third kappa shape index (κ3) is 5.38. The zero-order valence-electron chi connectivity index (χ0n) is 16.8. The predicted octanol–water partition coefficient (Wildman–Crippen LogP) is -0.378. The number of hydrogen-bond acceptors (Lipinski definition) is 8. The van der Waals surface area contributed by atoms with Gasteiger partial charge in [0.25, 0.3) is 5.91 Å². The first-order valence-electron chi connectivity index (χ1n) is 9.17. The maximum absolute atomic E-state index is 12.8. The first kappa shape index (κ1) is 23.5. The molecule has 2 heterocycles. The quantitative estimate of drug-likeness (QED) is 0.560. The number of amides is 1. The molecular formula is C17H22N4O7S3. The minimum Gasteiger partial charge on any atom is -0.468 e. The van der Waals surface area contributed by atoms with Crippen LogP contribution in [-0.2, 0) is 40.9 Å². The van der Waals surface area contributed by atoms with E-state index in [1.807, 2.05) is 0 Å². The Morgan fingerprint density at radius 1 is 1.23 bits per heavy atom. The summed E-state index contributed by atoms with van der Waals surface area (Å²) in [4.78, 5) is 28.9. The molecule has 1 amide bonds. The normalized spacial score (nSPS) is 17.2. The number of benzene rings is 1. The third-order valence-corrected chi connectivity index (χ3v) is 8.23. The molecule has 2 aromatic rings. The molecule has 2 N–H and O–H groups in total. The summed E-state index contributed by atoms with van der Waals surface area (Å²) in [6, 6.07) is 4.16. The molecule has 0 bridgehead atoms. The summed E-state index contributed by atoms with van der Waals surface area (Å²) in [7, 11) is -6.01. The van der Waals surface area contributed by atoms with E-state index in [9.17, 15) is 26.4 Å². The molecule has 0 radical (unpaired) electrons. The van der Waals surface area contributed by atoms with Gasteiger partial charge >= 0.3 is 5.97 Å². The van der Waals surface area contributed by atoms with Crippen LogP contribution in [0.15, 0.2) is 28.1 Å². The lowest BCUT2D eigenvalue weighted by Gasteiger charge is -2.28. The van der Waals surface area contributed by atoms with Crippen molar-refractivity contribution in [2.75, 3.05) is 26.5 Å². The highest BCUT2D eigenvalue weighted by atomic mass is 32.2. The van der Waals surface area contributed by atoms with E-state index in [0.717, 1.165) is 17.6 Å². The first-order valence-corrected chi connectivity index (χ1v) is 13.4. The number of ether oxygens (including phenoxy) is 1. The van der Waals surface area contributed by atoms with Crippen LogP contribution < -0.4 is 9.94 Å². The highest BCUT2D eigenvalue weighted by Gasteiger charge is 2.29. The van der Waals surface area contributed by atoms with Crippen LogP contribution in [0.4, 0.5) is 0 Å². The minimum absolute atomic E-state index is 0.0995. The number of esters is 1. The van der Waals surface area contributed by atoms with Gasteiger partial charge in [-0.15, -0.1) is 0 Å². The molecular weight excluding hydrogens is 468 g/mol. The molecule has 0 aliphatic carbocycles. The number of thiazole rings is 1. The van der Waals surface area contributed by atoms with Gasteiger partial charge in [0.2, 0.25) is 20.0 Å². The second kappa shape index (κ2) is 8.78. The van der Waals surface area contributed by atoms with Gasteiger partial charge < -0.3 is 9.30 Å². The smallest absolute Gasteiger partial charge is 0.325 e. The Kier molecular flexibility index (Phi) is 6.67. The number of fused-ring (bicyclic) bond motifs is 1. The number of piperidine rings is 1. The monoisotopic (exact) mass is 490 g/mol. The number of aromatic nitrogens is 1. The van der Waals surface area contributed by atoms with Gasteiger partial charge in [-0.1, -0.05) is 11.3 Å². The van der Waals surface area contributed by atoms with Crippen LogP contribution in [0, 0.1) is 5.92 Å². The first-order chi connectivity index (χ1) is 14.4. The van der Waals surface area contributed by atoms with Crippen molar-refractivity contribution >= 4 is 53.5 Å². The van der Waals surface area contributed by atoms with Gasteiger partial charge in [-0.05, 0) is 31.0 Å². The van der Waals surface area contributed by atoms with Gasteiger partial charge in [-0.2, -0.15) is 4.99 Å². The lowest BCUT2D eigenvalue weighted by Crippen LogP contribution is -2.39. The SMILES string of the molecule is COC(=O)Cn1c(=NC(=O)C2CCN(S(C)(=O)=O)CC2)sc2cc(S(N)(=O)=O)ccc21. The zero-order valence-corrected chi connectivity index (χ0v) is 19.3. The number of carbonyl (C=O) groups excluding carboxylic acids is 2. The molecule has 31 heavy (non-hydrogen) atoms. The standard InChI is InChI=1S/C17H22N4O7S3/c1-28-15(22)10-21-13-4-3-12(31(18,26)27)9-14(13)29-17(21)19-16(23)11-5-7-20(8-6-11)30(2,24)25/h3-4,9,11H,5-8,10H2,1-2H3,(H2,18,26,27). The van der Waals surface area contributed by atoms with E-state index in [4.69, 9.17) is 9.88 Å². The van der Waals surface area contributed by atoms with Crippen LogP contribution in [0.2, 0.25) is 0 Å². The van der Waals surface area contributed by atoms with Gasteiger partial charge in [-0.3, -0.25) is 9.59 Å². The number of carbonyl (C=O) groups is 2. The van der Waals surface area contributed by atoms with Gasteiger partial charge in [0.05, 0.1) is 28.5 Å². The highest BCUT2D eigenvalue weighted by molar-refractivity contribution is 7.89. The summed E-state index contributed by atoms with van der Waals surface area (Å²) >= 11 is 1.05. The van der Waals surface area contributed by atoms with Gasteiger partial charge in [-0.25, -0.2) is 26.3 Å². The molecule has 170 valence electrons. The Morgan fingerprint density at radius 3 is 2.42 bits per heavy atom. The van der Waals surface area contributed by atoms with E-state index in [2.05, 4.69) is 4.99 Å². The molecule has 0 saturated carbocycles. The van der Waals surface area contributed by atoms with Crippen LogP contribution in [0.1, 0.15) is 12.8 Å². The number of primary sulfonamides is 1. The third-order valence-electron chi connectivity index (χ3n) is 4.98. The number of methoxy groups -OCH3 is 1. The number of rotatable bonds is 5. The summed E-state index contributed by atoms with van der Waals surface area (Å²) in [6.07, 6.45) is 1.81. The molecule has 1 saturated heterocycles. The predicted molar refractivity (Wildman–Crippen MR) is 113 cm³/mol. The van der Waals surface area contributed by atoms with Crippen molar-refractivity contribution in [1.82, 2.24) is 8.87 Å². The maximum Gasteiger partial charge on any atom is 0.325 e. The Labute approximate surface area is 183 Å².